The highest BCUT2D eigenvalue weighted by Crippen LogP contribution is 2.33. The van der Waals surface area contributed by atoms with Crippen LogP contribution in [0.5, 0.6) is 0 Å². The lowest BCUT2D eigenvalue weighted by atomic mass is 10.2. The largest absolute Gasteiger partial charge is 0.451 e. The molecule has 2 aromatic heterocycles. The lowest BCUT2D eigenvalue weighted by Crippen LogP contribution is -2.16. The number of furan rings is 1. The highest BCUT2D eigenvalue weighted by molar-refractivity contribution is 7.99. The van der Waals surface area contributed by atoms with Crippen LogP contribution in [0.2, 0.25) is 5.02 Å². The first kappa shape index (κ1) is 19.6. The molecule has 1 amide bonds. The number of hydrazone groups is 1. The van der Waals surface area contributed by atoms with Gasteiger partial charge in [-0.3, -0.25) is 20.0 Å². The zero-order valence-corrected chi connectivity index (χ0v) is 16.5. The molecule has 150 valence electrons. The SMILES string of the molecule is O=C(N/N=C/c1ccc(Sc2ncn[nH]2)c([N+](=O)[O-])c1)c1cc2cc(Cl)ccc2o1. The maximum Gasteiger partial charge on any atom is 0.307 e. The Balaban J connectivity index is 1.48. The predicted octanol–water partition coefficient (Wildman–Crippen LogP) is 4.03. The Morgan fingerprint density at radius 3 is 2.93 bits per heavy atom. The van der Waals surface area contributed by atoms with E-state index < -0.39 is 10.8 Å². The van der Waals surface area contributed by atoms with Crippen LogP contribution < -0.4 is 5.43 Å². The third-order valence-corrected chi connectivity index (χ3v) is 5.05. The molecule has 0 aliphatic carbocycles. The summed E-state index contributed by atoms with van der Waals surface area (Å²) in [7, 11) is 0. The van der Waals surface area contributed by atoms with Crippen LogP contribution in [0.3, 0.4) is 0 Å². The summed E-state index contributed by atoms with van der Waals surface area (Å²) in [6.07, 6.45) is 2.61. The number of carbonyl (C=O) groups is 1. The van der Waals surface area contributed by atoms with Crippen LogP contribution in [-0.4, -0.2) is 32.2 Å². The number of amides is 1. The van der Waals surface area contributed by atoms with E-state index in [2.05, 4.69) is 25.7 Å². The average Bonchev–Trinajstić information content (AvgIpc) is 3.38. The monoisotopic (exact) mass is 442 g/mol. The highest BCUT2D eigenvalue weighted by Gasteiger charge is 2.17. The molecule has 0 fully saturated rings. The van der Waals surface area contributed by atoms with Gasteiger partial charge in [-0.25, -0.2) is 10.4 Å². The number of nitro groups is 1. The predicted molar refractivity (Wildman–Crippen MR) is 110 cm³/mol. The zero-order chi connectivity index (χ0) is 21.1. The van der Waals surface area contributed by atoms with Gasteiger partial charge in [-0.2, -0.15) is 10.2 Å². The molecule has 0 spiro atoms. The second-order valence-corrected chi connectivity index (χ2v) is 7.34. The van der Waals surface area contributed by atoms with Crippen molar-refractivity contribution in [3.63, 3.8) is 0 Å². The number of nitro benzene ring substituents is 1. The number of nitrogens with one attached hydrogen (secondary N) is 2. The zero-order valence-electron chi connectivity index (χ0n) is 14.9. The third kappa shape index (κ3) is 4.31. The Morgan fingerprint density at radius 1 is 1.30 bits per heavy atom. The number of hydrogen-bond acceptors (Lipinski definition) is 8. The van der Waals surface area contributed by atoms with E-state index in [4.69, 9.17) is 16.0 Å². The maximum absolute atomic E-state index is 12.2. The molecule has 0 aliphatic heterocycles. The molecule has 0 aliphatic rings. The Hall–Kier alpha value is -3.70. The number of nitrogens with zero attached hydrogens (tertiary/aromatic N) is 4. The van der Waals surface area contributed by atoms with Gasteiger partial charge in [0, 0.05) is 22.0 Å². The minimum atomic E-state index is -0.564. The number of rotatable bonds is 6. The topological polar surface area (TPSA) is 139 Å². The van der Waals surface area contributed by atoms with Crippen molar-refractivity contribution in [1.29, 1.82) is 0 Å². The summed E-state index contributed by atoms with van der Waals surface area (Å²) in [5.74, 6) is -0.500. The van der Waals surface area contributed by atoms with Gasteiger partial charge in [0.15, 0.2) is 10.9 Å². The van der Waals surface area contributed by atoms with Gasteiger partial charge in [0.25, 0.3) is 5.69 Å². The normalized spacial score (nSPS) is 11.2. The number of aromatic nitrogens is 3. The number of H-pyrrole nitrogens is 1. The van der Waals surface area contributed by atoms with Crippen molar-refractivity contribution in [1.82, 2.24) is 20.6 Å². The Labute approximate surface area is 177 Å². The van der Waals surface area contributed by atoms with Crippen LogP contribution in [0.1, 0.15) is 16.1 Å². The first-order chi connectivity index (χ1) is 14.5. The second kappa shape index (κ2) is 8.35. The van der Waals surface area contributed by atoms with E-state index in [1.807, 2.05) is 0 Å². The molecular weight excluding hydrogens is 432 g/mol. The fourth-order valence-electron chi connectivity index (χ4n) is 2.54. The van der Waals surface area contributed by atoms with Crippen molar-refractivity contribution in [2.24, 2.45) is 5.10 Å². The minimum Gasteiger partial charge on any atom is -0.451 e. The molecule has 0 unspecified atom stereocenters. The maximum atomic E-state index is 12.2. The van der Waals surface area contributed by atoms with Gasteiger partial charge in [0.05, 0.1) is 16.0 Å². The van der Waals surface area contributed by atoms with Crippen LogP contribution in [-0.2, 0) is 0 Å². The molecular formula is C18H11ClN6O4S. The van der Waals surface area contributed by atoms with E-state index in [1.165, 1.54) is 18.6 Å². The van der Waals surface area contributed by atoms with E-state index in [0.717, 1.165) is 11.8 Å². The molecule has 10 nitrogen and oxygen atoms in total. The van der Waals surface area contributed by atoms with Gasteiger partial charge in [0.1, 0.15) is 11.9 Å². The van der Waals surface area contributed by atoms with Crippen molar-refractivity contribution in [3.8, 4) is 0 Å². The van der Waals surface area contributed by atoms with Gasteiger partial charge in [-0.1, -0.05) is 17.7 Å². The van der Waals surface area contributed by atoms with Crippen LogP contribution in [0.4, 0.5) is 5.69 Å². The van der Waals surface area contributed by atoms with E-state index in [1.54, 1.807) is 36.4 Å². The van der Waals surface area contributed by atoms with Crippen LogP contribution in [0.25, 0.3) is 11.0 Å². The fraction of sp³-hybridized carbons (Fsp3) is 0. The Morgan fingerprint density at radius 2 is 2.17 bits per heavy atom. The van der Waals surface area contributed by atoms with E-state index in [-0.39, 0.29) is 11.4 Å². The quantitative estimate of drug-likeness (QED) is 0.261. The van der Waals surface area contributed by atoms with Crippen molar-refractivity contribution in [2.75, 3.05) is 0 Å². The summed E-state index contributed by atoms with van der Waals surface area (Å²) in [6, 6.07) is 11.1. The fourth-order valence-corrected chi connectivity index (χ4v) is 3.50. The average molecular weight is 443 g/mol. The lowest BCUT2D eigenvalue weighted by Gasteiger charge is -2.02. The number of benzene rings is 2. The van der Waals surface area contributed by atoms with Crippen LogP contribution >= 0.6 is 23.4 Å². The molecule has 0 atom stereocenters. The van der Waals surface area contributed by atoms with E-state index in [9.17, 15) is 14.9 Å². The molecule has 12 heteroatoms. The Kier molecular flexibility index (Phi) is 5.46. The van der Waals surface area contributed by atoms with E-state index >= 15 is 0 Å². The molecule has 4 rings (SSSR count). The number of hydrogen-bond donors (Lipinski definition) is 2. The molecule has 30 heavy (non-hydrogen) atoms. The van der Waals surface area contributed by atoms with Gasteiger partial charge < -0.3 is 4.42 Å². The van der Waals surface area contributed by atoms with Gasteiger partial charge in [0.2, 0.25) is 0 Å². The summed E-state index contributed by atoms with van der Waals surface area (Å²) in [5, 5.41) is 23.2. The van der Waals surface area contributed by atoms with Gasteiger partial charge in [-0.05, 0) is 42.1 Å². The smallest absolute Gasteiger partial charge is 0.307 e. The van der Waals surface area contributed by atoms with Gasteiger partial charge >= 0.3 is 5.91 Å². The summed E-state index contributed by atoms with van der Waals surface area (Å²) in [6.45, 7) is 0. The first-order valence-electron chi connectivity index (χ1n) is 8.34. The summed E-state index contributed by atoms with van der Waals surface area (Å²) >= 11 is 7.00. The summed E-state index contributed by atoms with van der Waals surface area (Å²) in [5.41, 5.74) is 3.15. The summed E-state index contributed by atoms with van der Waals surface area (Å²) in [4.78, 5) is 27.4. The standard InChI is InChI=1S/C18H11ClN6O4S/c19-12-2-3-14-11(6-12)7-15(29-14)17(26)23-21-8-10-1-4-16(13(5-10)25(27)28)30-18-20-9-22-24-18/h1-9H,(H,23,26)(H,20,22,24)/b21-8+. The van der Waals surface area contributed by atoms with Crippen LogP contribution in [0, 0.1) is 10.1 Å². The van der Waals surface area contributed by atoms with Crippen molar-refractivity contribution in [3.05, 3.63) is 75.3 Å². The number of carbonyl (C=O) groups excluding carboxylic acids is 1. The molecule has 0 saturated heterocycles. The third-order valence-electron chi connectivity index (χ3n) is 3.86. The molecule has 2 aromatic carbocycles. The van der Waals surface area contributed by atoms with E-state index in [0.29, 0.717) is 31.6 Å². The number of fused-ring (bicyclic) bond motifs is 1. The lowest BCUT2D eigenvalue weighted by molar-refractivity contribution is -0.387. The van der Waals surface area contributed by atoms with Crippen molar-refractivity contribution in [2.45, 2.75) is 10.1 Å². The minimum absolute atomic E-state index is 0.0641. The van der Waals surface area contributed by atoms with Crippen LogP contribution in [0.15, 0.2) is 68.4 Å². The molecule has 0 saturated carbocycles. The molecule has 0 radical (unpaired) electrons. The number of halogens is 1. The second-order valence-electron chi connectivity index (χ2n) is 5.87. The summed E-state index contributed by atoms with van der Waals surface area (Å²) < 4.78 is 5.45. The highest BCUT2D eigenvalue weighted by atomic mass is 35.5. The van der Waals surface area contributed by atoms with Gasteiger partial charge in [-0.15, -0.1) is 0 Å². The first-order valence-corrected chi connectivity index (χ1v) is 9.53. The molecule has 0 bridgehead atoms. The molecule has 2 N–H and O–H groups in total. The molecule has 2 heterocycles. The van der Waals surface area contributed by atoms with Crippen molar-refractivity contribution >= 4 is 52.1 Å². The van der Waals surface area contributed by atoms with Crippen molar-refractivity contribution < 1.29 is 14.1 Å². The molecule has 4 aromatic rings. The number of aromatic amines is 1. The Bertz CT molecular complexity index is 1270.